The summed E-state index contributed by atoms with van der Waals surface area (Å²) in [6.07, 6.45) is 0.829. The summed E-state index contributed by atoms with van der Waals surface area (Å²) in [6, 6.07) is 0. The maximum absolute atomic E-state index is 11.0. The molecule has 3 nitrogen and oxygen atoms in total. The van der Waals surface area contributed by atoms with Gasteiger partial charge in [0.05, 0.1) is 6.54 Å². The highest BCUT2D eigenvalue weighted by molar-refractivity contribution is 5.69. The average molecular weight is 171 g/mol. The molecule has 0 N–H and O–H groups in total. The van der Waals surface area contributed by atoms with Crippen LogP contribution in [0.15, 0.2) is 0 Å². The Morgan fingerprint density at radius 3 is 2.50 bits per heavy atom. The van der Waals surface area contributed by atoms with Crippen LogP contribution in [0.5, 0.6) is 0 Å². The predicted molar refractivity (Wildman–Crippen MR) is 47.0 cm³/mol. The molecule has 3 heteroatoms. The van der Waals surface area contributed by atoms with Gasteiger partial charge in [-0.15, -0.1) is 0 Å². The van der Waals surface area contributed by atoms with Gasteiger partial charge in [-0.05, 0) is 11.8 Å². The number of hydrogen-bond donors (Lipinski definition) is 0. The van der Waals surface area contributed by atoms with E-state index in [9.17, 15) is 4.79 Å². The van der Waals surface area contributed by atoms with Crippen LogP contribution in [0.25, 0.3) is 0 Å². The van der Waals surface area contributed by atoms with E-state index in [1.165, 1.54) is 0 Å². The van der Waals surface area contributed by atoms with Crippen molar-refractivity contribution in [2.75, 3.05) is 13.6 Å². The first-order valence-electron chi connectivity index (χ1n) is 4.30. The Morgan fingerprint density at radius 2 is 2.17 bits per heavy atom. The third kappa shape index (κ3) is 2.40. The first kappa shape index (κ1) is 9.36. The van der Waals surface area contributed by atoms with Crippen molar-refractivity contribution in [3.63, 3.8) is 0 Å². The van der Waals surface area contributed by atoms with Crippen molar-refractivity contribution in [2.24, 2.45) is 5.41 Å². The van der Waals surface area contributed by atoms with Gasteiger partial charge in [0.15, 0.2) is 0 Å². The zero-order chi connectivity index (χ0) is 9.35. The van der Waals surface area contributed by atoms with E-state index in [0.29, 0.717) is 0 Å². The zero-order valence-electron chi connectivity index (χ0n) is 8.26. The molecule has 0 aromatic heterocycles. The summed E-state index contributed by atoms with van der Waals surface area (Å²) < 4.78 is 5.14. The minimum atomic E-state index is -0.191. The molecular formula is C9H17NO2. The van der Waals surface area contributed by atoms with Crippen LogP contribution in [0, 0.1) is 5.41 Å². The highest BCUT2D eigenvalue weighted by Crippen LogP contribution is 2.25. The number of ether oxygens (including phenoxy) is 1. The van der Waals surface area contributed by atoms with E-state index < -0.39 is 0 Å². The first-order chi connectivity index (χ1) is 5.38. The molecule has 1 aliphatic heterocycles. The van der Waals surface area contributed by atoms with Crippen LogP contribution in [0.1, 0.15) is 27.2 Å². The Morgan fingerprint density at radius 1 is 1.58 bits per heavy atom. The summed E-state index contributed by atoms with van der Waals surface area (Å²) in [5.41, 5.74) is 0.232. The lowest BCUT2D eigenvalue weighted by Crippen LogP contribution is -2.22. The molecule has 1 atom stereocenters. The summed E-state index contributed by atoms with van der Waals surface area (Å²) in [5.74, 6) is 0. The number of carbonyl (C=O) groups excluding carboxylic acids is 1. The Hall–Kier alpha value is -0.730. The van der Waals surface area contributed by atoms with Gasteiger partial charge in [0.25, 0.3) is 0 Å². The molecule has 0 bridgehead atoms. The molecule has 70 valence electrons. The second kappa shape index (κ2) is 2.96. The van der Waals surface area contributed by atoms with Crippen molar-refractivity contribution >= 4 is 6.09 Å². The van der Waals surface area contributed by atoms with Gasteiger partial charge in [-0.1, -0.05) is 20.8 Å². The van der Waals surface area contributed by atoms with Crippen molar-refractivity contribution in [3.8, 4) is 0 Å². The van der Waals surface area contributed by atoms with Crippen molar-refractivity contribution in [1.82, 2.24) is 4.90 Å². The van der Waals surface area contributed by atoms with Crippen molar-refractivity contribution in [1.29, 1.82) is 0 Å². The van der Waals surface area contributed by atoms with Gasteiger partial charge in [-0.3, -0.25) is 0 Å². The molecule has 1 amide bonds. The lowest BCUT2D eigenvalue weighted by atomic mass is 9.89. The standard InChI is InChI=1S/C9H17NO2/c1-9(2,3)5-7-6-10(4)8(11)12-7/h7H,5-6H2,1-4H3. The molecule has 0 radical (unpaired) electrons. The van der Waals surface area contributed by atoms with Crippen LogP contribution in [0.2, 0.25) is 0 Å². The number of carbonyl (C=O) groups is 1. The number of rotatable bonds is 1. The number of amides is 1. The minimum absolute atomic E-state index is 0.0856. The van der Waals surface area contributed by atoms with E-state index >= 15 is 0 Å². The molecule has 1 heterocycles. The fourth-order valence-electron chi connectivity index (χ4n) is 1.44. The lowest BCUT2D eigenvalue weighted by Gasteiger charge is -2.20. The molecule has 0 aromatic carbocycles. The van der Waals surface area contributed by atoms with Crippen molar-refractivity contribution in [3.05, 3.63) is 0 Å². The van der Waals surface area contributed by atoms with Crippen molar-refractivity contribution < 1.29 is 9.53 Å². The molecule has 12 heavy (non-hydrogen) atoms. The largest absolute Gasteiger partial charge is 0.444 e. The molecule has 0 aliphatic carbocycles. The van der Waals surface area contributed by atoms with E-state index in [2.05, 4.69) is 20.8 Å². The summed E-state index contributed by atoms with van der Waals surface area (Å²) in [7, 11) is 1.77. The topological polar surface area (TPSA) is 29.5 Å². The van der Waals surface area contributed by atoms with Gasteiger partial charge < -0.3 is 9.64 Å². The normalized spacial score (nSPS) is 24.5. The molecule has 0 aromatic rings. The molecular weight excluding hydrogens is 154 g/mol. The number of hydrogen-bond acceptors (Lipinski definition) is 2. The molecule has 1 saturated heterocycles. The summed E-state index contributed by atoms with van der Waals surface area (Å²) in [6.45, 7) is 7.19. The second-order valence-electron chi connectivity index (χ2n) is 4.65. The third-order valence-corrected chi connectivity index (χ3v) is 1.90. The highest BCUT2D eigenvalue weighted by atomic mass is 16.6. The van der Waals surface area contributed by atoms with Crippen LogP contribution in [-0.4, -0.2) is 30.7 Å². The second-order valence-corrected chi connectivity index (χ2v) is 4.65. The lowest BCUT2D eigenvalue weighted by molar-refractivity contribution is 0.111. The van der Waals surface area contributed by atoms with Gasteiger partial charge >= 0.3 is 6.09 Å². The molecule has 1 fully saturated rings. The molecule has 1 rings (SSSR count). The van der Waals surface area contributed by atoms with Crippen LogP contribution in [0.4, 0.5) is 4.79 Å². The van der Waals surface area contributed by atoms with Gasteiger partial charge in [0, 0.05) is 7.05 Å². The predicted octanol–water partition coefficient (Wildman–Crippen LogP) is 1.87. The maximum Gasteiger partial charge on any atom is 0.409 e. The van der Waals surface area contributed by atoms with Gasteiger partial charge in [-0.25, -0.2) is 4.79 Å². The summed E-state index contributed by atoms with van der Waals surface area (Å²) in [5, 5.41) is 0. The third-order valence-electron chi connectivity index (χ3n) is 1.90. The van der Waals surface area contributed by atoms with Crippen molar-refractivity contribution in [2.45, 2.75) is 33.3 Å². The molecule has 0 saturated carbocycles. The summed E-state index contributed by atoms with van der Waals surface area (Å²) in [4.78, 5) is 12.6. The fraction of sp³-hybridized carbons (Fsp3) is 0.889. The van der Waals surface area contributed by atoms with E-state index in [1.807, 2.05) is 0 Å². The Kier molecular flexibility index (Phi) is 2.31. The van der Waals surface area contributed by atoms with E-state index in [4.69, 9.17) is 4.74 Å². The first-order valence-corrected chi connectivity index (χ1v) is 4.30. The molecule has 0 spiro atoms. The van der Waals surface area contributed by atoms with Gasteiger partial charge in [0.1, 0.15) is 6.10 Å². The molecule has 1 unspecified atom stereocenters. The monoisotopic (exact) mass is 171 g/mol. The van der Waals surface area contributed by atoms with Crippen LogP contribution in [-0.2, 0) is 4.74 Å². The van der Waals surface area contributed by atoms with Crippen LogP contribution in [0.3, 0.4) is 0 Å². The van der Waals surface area contributed by atoms with Gasteiger partial charge in [-0.2, -0.15) is 0 Å². The molecule has 1 aliphatic rings. The number of likely N-dealkylation sites (N-methyl/N-ethyl adjacent to an activating group) is 1. The Balaban J connectivity index is 2.43. The van der Waals surface area contributed by atoms with Crippen LogP contribution < -0.4 is 0 Å². The fourth-order valence-corrected chi connectivity index (χ4v) is 1.44. The zero-order valence-corrected chi connectivity index (χ0v) is 8.26. The number of cyclic esters (lactones) is 1. The van der Waals surface area contributed by atoms with Crippen LogP contribution >= 0.6 is 0 Å². The summed E-state index contributed by atoms with van der Waals surface area (Å²) >= 11 is 0. The maximum atomic E-state index is 11.0. The minimum Gasteiger partial charge on any atom is -0.444 e. The SMILES string of the molecule is CN1CC(CC(C)(C)C)OC1=O. The quantitative estimate of drug-likeness (QED) is 0.602. The Bertz CT molecular complexity index is 183. The van der Waals surface area contributed by atoms with E-state index in [0.717, 1.165) is 13.0 Å². The number of nitrogens with zero attached hydrogens (tertiary/aromatic N) is 1. The average Bonchev–Trinajstić information content (AvgIpc) is 2.07. The van der Waals surface area contributed by atoms with E-state index in [-0.39, 0.29) is 17.6 Å². The highest BCUT2D eigenvalue weighted by Gasteiger charge is 2.31. The van der Waals surface area contributed by atoms with E-state index in [1.54, 1.807) is 11.9 Å². The smallest absolute Gasteiger partial charge is 0.409 e. The Labute approximate surface area is 73.7 Å². The van der Waals surface area contributed by atoms with Gasteiger partial charge in [0.2, 0.25) is 0 Å².